The van der Waals surface area contributed by atoms with Crippen LogP contribution in [0.15, 0.2) is 64.1 Å². The highest BCUT2D eigenvalue weighted by Crippen LogP contribution is 2.15. The van der Waals surface area contributed by atoms with E-state index in [9.17, 15) is 0 Å². The summed E-state index contributed by atoms with van der Waals surface area (Å²) < 4.78 is 11.3. The van der Waals surface area contributed by atoms with Gasteiger partial charge in [-0.15, -0.1) is 0 Å². The summed E-state index contributed by atoms with van der Waals surface area (Å²) >= 11 is 0. The molecule has 2 aromatic carbocycles. The Balaban J connectivity index is 1.49. The van der Waals surface area contributed by atoms with Crippen LogP contribution < -0.4 is 10.6 Å². The summed E-state index contributed by atoms with van der Waals surface area (Å²) in [5.41, 5.74) is 5.65. The first-order valence-electron chi connectivity index (χ1n) is 10.8. The molecule has 6 heteroatoms. The molecule has 0 saturated heterocycles. The number of benzene rings is 2. The van der Waals surface area contributed by atoms with E-state index in [-0.39, 0.29) is 0 Å². The van der Waals surface area contributed by atoms with Crippen LogP contribution in [0, 0.1) is 0 Å². The van der Waals surface area contributed by atoms with Gasteiger partial charge in [-0.3, -0.25) is 4.99 Å². The molecule has 164 valence electrons. The standard InChI is InChI=1S/C25H32N4O2/c1-4-23-22(24(5-2)31-29-23)16-28-25(26-3)27-15-20-12-9-13-21(14-20)18-30-17-19-10-7-6-8-11-19/h6-14H,4-5,15-18H2,1-3H3,(H2,26,27,28). The normalized spacial score (nSPS) is 11.5. The maximum absolute atomic E-state index is 5.86. The second kappa shape index (κ2) is 11.9. The number of hydrogen-bond acceptors (Lipinski definition) is 4. The fourth-order valence-corrected chi connectivity index (χ4v) is 3.41. The lowest BCUT2D eigenvalue weighted by Crippen LogP contribution is -2.36. The average molecular weight is 421 g/mol. The molecule has 2 N–H and O–H groups in total. The monoisotopic (exact) mass is 420 g/mol. The molecule has 0 atom stereocenters. The Kier molecular flexibility index (Phi) is 8.67. The molecule has 0 fully saturated rings. The molecule has 0 radical (unpaired) electrons. The van der Waals surface area contributed by atoms with Gasteiger partial charge < -0.3 is 19.9 Å². The van der Waals surface area contributed by atoms with E-state index >= 15 is 0 Å². The maximum atomic E-state index is 5.86. The van der Waals surface area contributed by atoms with Gasteiger partial charge in [0.05, 0.1) is 18.9 Å². The van der Waals surface area contributed by atoms with E-state index in [1.54, 1.807) is 7.05 Å². The molecule has 0 saturated carbocycles. The van der Waals surface area contributed by atoms with Crippen molar-refractivity contribution in [2.75, 3.05) is 7.05 Å². The molecule has 3 rings (SSSR count). The topological polar surface area (TPSA) is 71.7 Å². The van der Waals surface area contributed by atoms with Crippen LogP contribution in [0.1, 0.15) is 47.6 Å². The molecule has 0 amide bonds. The zero-order valence-electron chi connectivity index (χ0n) is 18.6. The van der Waals surface area contributed by atoms with Gasteiger partial charge in [0.2, 0.25) is 0 Å². The highest BCUT2D eigenvalue weighted by atomic mass is 16.5. The van der Waals surface area contributed by atoms with Crippen molar-refractivity contribution in [3.63, 3.8) is 0 Å². The van der Waals surface area contributed by atoms with Crippen LogP contribution in [0.3, 0.4) is 0 Å². The van der Waals surface area contributed by atoms with Crippen molar-refractivity contribution in [1.29, 1.82) is 0 Å². The molecule has 0 bridgehead atoms. The number of rotatable bonds is 10. The fourth-order valence-electron chi connectivity index (χ4n) is 3.41. The van der Waals surface area contributed by atoms with E-state index in [0.29, 0.717) is 26.3 Å². The SMILES string of the molecule is CCc1noc(CC)c1CNC(=NC)NCc1cccc(COCc2ccccc2)c1. The Bertz CT molecular complexity index is 945. The summed E-state index contributed by atoms with van der Waals surface area (Å²) in [6.07, 6.45) is 1.68. The van der Waals surface area contributed by atoms with Gasteiger partial charge in [0.25, 0.3) is 0 Å². The van der Waals surface area contributed by atoms with Gasteiger partial charge in [-0.1, -0.05) is 73.6 Å². The van der Waals surface area contributed by atoms with Gasteiger partial charge in [-0.25, -0.2) is 0 Å². The number of aryl methyl sites for hydroxylation is 2. The molecule has 1 aromatic heterocycles. The second-order valence-electron chi connectivity index (χ2n) is 7.32. The molecule has 0 aliphatic heterocycles. The number of nitrogens with zero attached hydrogens (tertiary/aromatic N) is 2. The minimum atomic E-state index is 0.586. The first kappa shape index (κ1) is 22.6. The summed E-state index contributed by atoms with van der Waals surface area (Å²) in [5.74, 6) is 1.68. The van der Waals surface area contributed by atoms with Crippen LogP contribution in [-0.4, -0.2) is 18.2 Å². The number of guanidine groups is 1. The van der Waals surface area contributed by atoms with Crippen LogP contribution in [0.25, 0.3) is 0 Å². The smallest absolute Gasteiger partial charge is 0.191 e. The fraction of sp³-hybridized carbons (Fsp3) is 0.360. The Morgan fingerprint density at radius 1 is 0.903 bits per heavy atom. The number of ether oxygens (including phenoxy) is 1. The lowest BCUT2D eigenvalue weighted by Gasteiger charge is -2.13. The van der Waals surface area contributed by atoms with Crippen LogP contribution in [0.5, 0.6) is 0 Å². The average Bonchev–Trinajstić information content (AvgIpc) is 3.22. The predicted octanol–water partition coefficient (Wildman–Crippen LogP) is 4.38. The quantitative estimate of drug-likeness (QED) is 0.376. The Morgan fingerprint density at radius 2 is 1.61 bits per heavy atom. The summed E-state index contributed by atoms with van der Waals surface area (Å²) in [4.78, 5) is 4.34. The molecular weight excluding hydrogens is 388 g/mol. The molecule has 1 heterocycles. The highest BCUT2D eigenvalue weighted by molar-refractivity contribution is 5.79. The first-order valence-corrected chi connectivity index (χ1v) is 10.8. The Hall–Kier alpha value is -3.12. The summed E-state index contributed by atoms with van der Waals surface area (Å²) in [5, 5.41) is 10.9. The Labute approximate surface area is 184 Å². The lowest BCUT2D eigenvalue weighted by atomic mass is 10.1. The molecule has 0 unspecified atom stereocenters. The van der Waals surface area contributed by atoms with Crippen LogP contribution >= 0.6 is 0 Å². The van der Waals surface area contributed by atoms with Crippen molar-refractivity contribution in [3.05, 3.63) is 88.3 Å². The molecule has 3 aromatic rings. The third kappa shape index (κ3) is 6.69. The molecule has 6 nitrogen and oxygen atoms in total. The third-order valence-corrected chi connectivity index (χ3v) is 5.09. The van der Waals surface area contributed by atoms with E-state index in [1.807, 2.05) is 18.2 Å². The van der Waals surface area contributed by atoms with Gasteiger partial charge in [-0.2, -0.15) is 0 Å². The zero-order chi connectivity index (χ0) is 21.9. The zero-order valence-corrected chi connectivity index (χ0v) is 18.6. The van der Waals surface area contributed by atoms with Crippen molar-refractivity contribution in [2.45, 2.75) is 53.0 Å². The molecule has 0 spiro atoms. The number of nitrogens with one attached hydrogen (secondary N) is 2. The minimum Gasteiger partial charge on any atom is -0.372 e. The first-order chi connectivity index (χ1) is 15.2. The minimum absolute atomic E-state index is 0.586. The third-order valence-electron chi connectivity index (χ3n) is 5.09. The molecule has 0 aliphatic rings. The second-order valence-corrected chi connectivity index (χ2v) is 7.32. The van der Waals surface area contributed by atoms with Crippen molar-refractivity contribution in [1.82, 2.24) is 15.8 Å². The van der Waals surface area contributed by atoms with E-state index in [4.69, 9.17) is 9.26 Å². The van der Waals surface area contributed by atoms with Crippen LogP contribution in [0.4, 0.5) is 0 Å². The van der Waals surface area contributed by atoms with E-state index in [1.165, 1.54) is 11.1 Å². The Morgan fingerprint density at radius 3 is 2.35 bits per heavy atom. The molecule has 0 aliphatic carbocycles. The number of hydrogen-bond donors (Lipinski definition) is 2. The van der Waals surface area contributed by atoms with Gasteiger partial charge in [-0.05, 0) is 23.1 Å². The molecular formula is C25H32N4O2. The highest BCUT2D eigenvalue weighted by Gasteiger charge is 2.13. The molecule has 31 heavy (non-hydrogen) atoms. The number of aromatic nitrogens is 1. The van der Waals surface area contributed by atoms with E-state index in [0.717, 1.165) is 41.4 Å². The van der Waals surface area contributed by atoms with Gasteiger partial charge in [0, 0.05) is 32.1 Å². The summed E-state index contributed by atoms with van der Waals surface area (Å²) in [6.45, 7) is 6.68. The number of aliphatic imine (C=N–C) groups is 1. The van der Waals surface area contributed by atoms with Crippen molar-refractivity contribution in [2.24, 2.45) is 4.99 Å². The summed E-state index contributed by atoms with van der Waals surface area (Å²) in [7, 11) is 1.78. The van der Waals surface area contributed by atoms with Crippen molar-refractivity contribution in [3.8, 4) is 0 Å². The van der Waals surface area contributed by atoms with Gasteiger partial charge in [0.15, 0.2) is 5.96 Å². The largest absolute Gasteiger partial charge is 0.372 e. The van der Waals surface area contributed by atoms with Crippen LogP contribution in [-0.2, 0) is 43.9 Å². The predicted molar refractivity (Wildman–Crippen MR) is 124 cm³/mol. The van der Waals surface area contributed by atoms with Crippen molar-refractivity contribution < 1.29 is 9.26 Å². The van der Waals surface area contributed by atoms with Crippen LogP contribution in [0.2, 0.25) is 0 Å². The van der Waals surface area contributed by atoms with E-state index in [2.05, 4.69) is 71.0 Å². The van der Waals surface area contributed by atoms with E-state index < -0.39 is 0 Å². The summed E-state index contributed by atoms with van der Waals surface area (Å²) in [6, 6.07) is 18.6. The maximum Gasteiger partial charge on any atom is 0.191 e. The van der Waals surface area contributed by atoms with Gasteiger partial charge >= 0.3 is 0 Å². The lowest BCUT2D eigenvalue weighted by molar-refractivity contribution is 0.107. The van der Waals surface area contributed by atoms with Gasteiger partial charge in [0.1, 0.15) is 5.76 Å². The van der Waals surface area contributed by atoms with Crippen molar-refractivity contribution >= 4 is 5.96 Å².